The number of anilines is 1. The van der Waals surface area contributed by atoms with Crippen LogP contribution in [0.4, 0.5) is 5.69 Å². The number of hydrogen-bond donors (Lipinski definition) is 1. The Morgan fingerprint density at radius 3 is 2.12 bits per heavy atom. The molecule has 9 heteroatoms. The van der Waals surface area contributed by atoms with Gasteiger partial charge >= 0.3 is 0 Å². The second-order valence-electron chi connectivity index (χ2n) is 7.05. The van der Waals surface area contributed by atoms with Gasteiger partial charge in [-0.25, -0.2) is 4.98 Å². The number of amides is 1. The monoisotopic (exact) mass is 492 g/mol. The minimum atomic E-state index is -0.260. The first kappa shape index (κ1) is 23.5. The molecule has 0 aliphatic heterocycles. The van der Waals surface area contributed by atoms with Crippen LogP contribution in [0.2, 0.25) is 5.02 Å². The first-order chi connectivity index (χ1) is 16.6. The Kier molecular flexibility index (Phi) is 7.61. The number of nitrogens with zero attached hydrogens (tertiary/aromatic N) is 3. The maximum absolute atomic E-state index is 12.6. The number of benzene rings is 3. The topological polar surface area (TPSA) is 86.2 Å². The van der Waals surface area contributed by atoms with Gasteiger partial charge in [0.15, 0.2) is 0 Å². The number of ether oxygens (including phenoxy) is 2. The Morgan fingerprint density at radius 2 is 1.50 bits per heavy atom. The number of nitrogens with one attached hydrogen (secondary N) is 1. The normalized spacial score (nSPS) is 10.6. The fourth-order valence-corrected chi connectivity index (χ4v) is 4.05. The number of thioether (sulfide) groups is 1. The zero-order valence-electron chi connectivity index (χ0n) is 18.5. The lowest BCUT2D eigenvalue weighted by molar-refractivity contribution is -0.113. The van der Waals surface area contributed by atoms with Gasteiger partial charge in [0, 0.05) is 23.3 Å². The zero-order chi connectivity index (χ0) is 23.9. The fraction of sp³-hybridized carbons (Fsp3) is 0.120. The fourth-order valence-electron chi connectivity index (χ4n) is 3.23. The summed E-state index contributed by atoms with van der Waals surface area (Å²) in [5.41, 5.74) is 3.67. The van der Waals surface area contributed by atoms with Crippen LogP contribution >= 0.6 is 23.4 Å². The van der Waals surface area contributed by atoms with Gasteiger partial charge in [0.05, 0.1) is 30.7 Å². The van der Waals surface area contributed by atoms with Crippen LogP contribution in [0.1, 0.15) is 0 Å². The number of rotatable bonds is 8. The molecule has 1 N–H and O–H groups in total. The first-order valence-corrected chi connectivity index (χ1v) is 11.6. The smallest absolute Gasteiger partial charge is 0.234 e. The Balaban J connectivity index is 1.54. The molecule has 0 atom stereocenters. The van der Waals surface area contributed by atoms with E-state index in [4.69, 9.17) is 26.1 Å². The van der Waals surface area contributed by atoms with Gasteiger partial charge in [-0.3, -0.25) is 4.79 Å². The molecule has 0 unspecified atom stereocenters. The van der Waals surface area contributed by atoms with Crippen molar-refractivity contribution in [2.24, 2.45) is 0 Å². The standard InChI is InChI=1S/C25H21ClN4O3S/c1-32-20-14-19(21(33-2)13-18(20)26)27-22(31)15-34-25-28-23(16-9-5-3-6-10-16)24(29-30-25)17-11-7-4-8-12-17/h3-14H,15H2,1-2H3,(H,27,31). The summed E-state index contributed by atoms with van der Waals surface area (Å²) >= 11 is 7.33. The molecule has 34 heavy (non-hydrogen) atoms. The van der Waals surface area contributed by atoms with Gasteiger partial charge in [0.25, 0.3) is 0 Å². The Hall–Kier alpha value is -3.62. The number of methoxy groups -OCH3 is 2. The van der Waals surface area contributed by atoms with E-state index in [1.807, 2.05) is 60.7 Å². The molecule has 1 amide bonds. The van der Waals surface area contributed by atoms with Crippen LogP contribution in [0.3, 0.4) is 0 Å². The van der Waals surface area contributed by atoms with E-state index in [0.29, 0.717) is 38.8 Å². The largest absolute Gasteiger partial charge is 0.495 e. The highest BCUT2D eigenvalue weighted by atomic mass is 35.5. The van der Waals surface area contributed by atoms with Crippen LogP contribution in [0.5, 0.6) is 11.5 Å². The lowest BCUT2D eigenvalue weighted by Gasteiger charge is -2.13. The van der Waals surface area contributed by atoms with Gasteiger partial charge in [-0.15, -0.1) is 10.2 Å². The first-order valence-electron chi connectivity index (χ1n) is 10.3. The molecular weight excluding hydrogens is 472 g/mol. The van der Waals surface area contributed by atoms with Crippen molar-refractivity contribution >= 4 is 35.0 Å². The third-order valence-electron chi connectivity index (χ3n) is 4.84. The summed E-state index contributed by atoms with van der Waals surface area (Å²) in [7, 11) is 3.00. The SMILES string of the molecule is COc1cc(NC(=O)CSc2nnc(-c3ccccc3)c(-c3ccccc3)n2)c(OC)cc1Cl. The van der Waals surface area contributed by atoms with Gasteiger partial charge in [0.1, 0.15) is 22.9 Å². The third-order valence-corrected chi connectivity index (χ3v) is 5.98. The van der Waals surface area contributed by atoms with E-state index < -0.39 is 0 Å². The van der Waals surface area contributed by atoms with Crippen molar-refractivity contribution in [2.45, 2.75) is 5.16 Å². The highest BCUT2D eigenvalue weighted by molar-refractivity contribution is 7.99. The van der Waals surface area contributed by atoms with Crippen molar-refractivity contribution in [2.75, 3.05) is 25.3 Å². The molecule has 0 aliphatic carbocycles. The summed E-state index contributed by atoms with van der Waals surface area (Å²) in [5, 5.41) is 12.3. The van der Waals surface area contributed by atoms with Crippen molar-refractivity contribution in [1.82, 2.24) is 15.2 Å². The van der Waals surface area contributed by atoms with Gasteiger partial charge in [-0.2, -0.15) is 0 Å². The molecule has 4 rings (SSSR count). The molecule has 0 aliphatic rings. The van der Waals surface area contributed by atoms with Crippen LogP contribution < -0.4 is 14.8 Å². The van der Waals surface area contributed by atoms with Crippen LogP contribution in [-0.4, -0.2) is 41.1 Å². The molecule has 3 aromatic carbocycles. The average molecular weight is 493 g/mol. The number of halogens is 1. The van der Waals surface area contributed by atoms with Crippen molar-refractivity contribution in [3.8, 4) is 34.0 Å². The molecule has 0 saturated heterocycles. The van der Waals surface area contributed by atoms with Crippen LogP contribution in [0.25, 0.3) is 22.5 Å². The van der Waals surface area contributed by atoms with E-state index in [1.54, 1.807) is 12.1 Å². The molecule has 0 fully saturated rings. The van der Waals surface area contributed by atoms with Crippen LogP contribution in [-0.2, 0) is 4.79 Å². The summed E-state index contributed by atoms with van der Waals surface area (Å²) in [6, 6.07) is 22.7. The van der Waals surface area contributed by atoms with E-state index in [2.05, 4.69) is 15.5 Å². The molecular formula is C25H21ClN4O3S. The van der Waals surface area contributed by atoms with E-state index in [-0.39, 0.29) is 11.7 Å². The number of carbonyl (C=O) groups is 1. The zero-order valence-corrected chi connectivity index (χ0v) is 20.1. The van der Waals surface area contributed by atoms with Gasteiger partial charge in [-0.05, 0) is 0 Å². The molecule has 7 nitrogen and oxygen atoms in total. The predicted molar refractivity (Wildman–Crippen MR) is 135 cm³/mol. The highest BCUT2D eigenvalue weighted by Gasteiger charge is 2.16. The number of hydrogen-bond acceptors (Lipinski definition) is 7. The van der Waals surface area contributed by atoms with E-state index >= 15 is 0 Å². The second-order valence-corrected chi connectivity index (χ2v) is 8.40. The Bertz CT molecular complexity index is 1290. The number of aromatic nitrogens is 3. The maximum Gasteiger partial charge on any atom is 0.234 e. The van der Waals surface area contributed by atoms with E-state index in [9.17, 15) is 4.79 Å². The maximum atomic E-state index is 12.6. The van der Waals surface area contributed by atoms with Crippen LogP contribution in [0.15, 0.2) is 78.0 Å². The minimum absolute atomic E-state index is 0.0781. The van der Waals surface area contributed by atoms with E-state index in [0.717, 1.165) is 11.1 Å². The van der Waals surface area contributed by atoms with Gasteiger partial charge in [0.2, 0.25) is 11.1 Å². The molecule has 0 radical (unpaired) electrons. The Labute approximate surface area is 206 Å². The highest BCUT2D eigenvalue weighted by Crippen LogP contribution is 2.36. The summed E-state index contributed by atoms with van der Waals surface area (Å²) in [5.74, 6) is 0.682. The summed E-state index contributed by atoms with van der Waals surface area (Å²) in [6.45, 7) is 0. The van der Waals surface area contributed by atoms with Crippen molar-refractivity contribution in [1.29, 1.82) is 0 Å². The molecule has 1 aromatic heterocycles. The van der Waals surface area contributed by atoms with Crippen LogP contribution in [0, 0.1) is 0 Å². The molecule has 0 bridgehead atoms. The van der Waals surface area contributed by atoms with Crippen molar-refractivity contribution in [3.63, 3.8) is 0 Å². The molecule has 4 aromatic rings. The predicted octanol–water partition coefficient (Wildman–Crippen LogP) is 5.61. The second kappa shape index (κ2) is 11.0. The quantitative estimate of drug-likeness (QED) is 0.320. The molecule has 0 spiro atoms. The molecule has 172 valence electrons. The van der Waals surface area contributed by atoms with Crippen molar-refractivity contribution in [3.05, 3.63) is 77.8 Å². The minimum Gasteiger partial charge on any atom is -0.495 e. The number of carbonyl (C=O) groups excluding carboxylic acids is 1. The lowest BCUT2D eigenvalue weighted by Crippen LogP contribution is -2.15. The summed E-state index contributed by atoms with van der Waals surface area (Å²) in [4.78, 5) is 17.4. The average Bonchev–Trinajstić information content (AvgIpc) is 2.89. The Morgan fingerprint density at radius 1 is 0.882 bits per heavy atom. The van der Waals surface area contributed by atoms with E-state index in [1.165, 1.54) is 26.0 Å². The van der Waals surface area contributed by atoms with Gasteiger partial charge in [-0.1, -0.05) is 84.0 Å². The molecule has 0 saturated carbocycles. The summed E-state index contributed by atoms with van der Waals surface area (Å²) in [6.07, 6.45) is 0. The lowest BCUT2D eigenvalue weighted by atomic mass is 10.0. The van der Waals surface area contributed by atoms with Gasteiger partial charge < -0.3 is 14.8 Å². The summed E-state index contributed by atoms with van der Waals surface area (Å²) < 4.78 is 10.5. The van der Waals surface area contributed by atoms with Crippen molar-refractivity contribution < 1.29 is 14.3 Å². The molecule has 1 heterocycles. The third kappa shape index (κ3) is 5.47.